The van der Waals surface area contributed by atoms with E-state index in [0.29, 0.717) is 12.1 Å². The van der Waals surface area contributed by atoms with Crippen LogP contribution in [0.15, 0.2) is 58.1 Å². The Kier molecular flexibility index (Phi) is 5.51. The molecule has 0 saturated carbocycles. The molecule has 12 heteroatoms. The molecule has 2 heterocycles. The van der Waals surface area contributed by atoms with Gasteiger partial charge >= 0.3 is 12.1 Å². The van der Waals surface area contributed by atoms with Crippen molar-refractivity contribution in [1.29, 1.82) is 0 Å². The van der Waals surface area contributed by atoms with Crippen molar-refractivity contribution in [2.24, 2.45) is 0 Å². The molecule has 2 aromatic heterocycles. The van der Waals surface area contributed by atoms with Gasteiger partial charge in [-0.2, -0.15) is 18.2 Å². The molecule has 1 N–H and O–H groups in total. The largest absolute Gasteiger partial charge is 0.471 e. The molecule has 0 aliphatic heterocycles. The highest BCUT2D eigenvalue weighted by Crippen LogP contribution is 2.31. The zero-order valence-corrected chi connectivity index (χ0v) is 17.3. The van der Waals surface area contributed by atoms with E-state index < -0.39 is 27.9 Å². The van der Waals surface area contributed by atoms with Crippen LogP contribution in [0.1, 0.15) is 11.5 Å². The number of nitrogens with zero attached hydrogens (tertiary/aromatic N) is 3. The second-order valence-electron chi connectivity index (χ2n) is 7.01. The lowest BCUT2D eigenvalue weighted by Crippen LogP contribution is -2.27. The molecule has 0 atom stereocenters. The van der Waals surface area contributed by atoms with Crippen molar-refractivity contribution < 1.29 is 30.5 Å². The molecule has 168 valence electrons. The molecule has 0 aliphatic rings. The van der Waals surface area contributed by atoms with E-state index in [1.54, 1.807) is 24.4 Å². The molecule has 0 radical (unpaired) electrons. The van der Waals surface area contributed by atoms with E-state index in [2.05, 4.69) is 19.4 Å². The first-order valence-electron chi connectivity index (χ1n) is 9.30. The maximum atomic E-state index is 13.0. The van der Waals surface area contributed by atoms with Crippen molar-refractivity contribution in [2.45, 2.75) is 24.5 Å². The standard InChI is InChI=1S/C20H16F4N4O3S/c1-12-11-28(9-8-25-32(29,30)15-5-3-14(21)4-6-15)17-7-2-13(10-16(12)17)18-26-19(31-27-18)20(22,23)24/h2-7,10-11,25H,8-9H2,1H3. The molecule has 0 bridgehead atoms. The topological polar surface area (TPSA) is 90.0 Å². The summed E-state index contributed by atoms with van der Waals surface area (Å²) >= 11 is 0. The van der Waals surface area contributed by atoms with Crippen molar-refractivity contribution >= 4 is 20.9 Å². The number of rotatable bonds is 6. The van der Waals surface area contributed by atoms with E-state index in [1.807, 2.05) is 11.5 Å². The zero-order valence-electron chi connectivity index (χ0n) is 16.5. The van der Waals surface area contributed by atoms with Crippen LogP contribution in [0.25, 0.3) is 22.3 Å². The number of alkyl halides is 3. The Hall–Kier alpha value is -3.25. The van der Waals surface area contributed by atoms with Crippen molar-refractivity contribution in [1.82, 2.24) is 19.4 Å². The number of hydrogen-bond donors (Lipinski definition) is 1. The highest BCUT2D eigenvalue weighted by Gasteiger charge is 2.38. The molecule has 7 nitrogen and oxygen atoms in total. The van der Waals surface area contributed by atoms with Gasteiger partial charge in [-0.25, -0.2) is 17.5 Å². The molecule has 0 unspecified atom stereocenters. The number of fused-ring (bicyclic) bond motifs is 1. The van der Waals surface area contributed by atoms with Gasteiger partial charge in [0, 0.05) is 35.8 Å². The Morgan fingerprint density at radius 3 is 2.50 bits per heavy atom. The second-order valence-corrected chi connectivity index (χ2v) is 8.78. The van der Waals surface area contributed by atoms with Gasteiger partial charge in [0.15, 0.2) is 0 Å². The van der Waals surface area contributed by atoms with E-state index in [9.17, 15) is 26.0 Å². The van der Waals surface area contributed by atoms with E-state index in [0.717, 1.165) is 28.6 Å². The summed E-state index contributed by atoms with van der Waals surface area (Å²) in [6.45, 7) is 2.19. The summed E-state index contributed by atoms with van der Waals surface area (Å²) in [4.78, 5) is 3.35. The molecule has 4 aromatic rings. The molecule has 0 saturated heterocycles. The fourth-order valence-electron chi connectivity index (χ4n) is 3.25. The maximum absolute atomic E-state index is 13.0. The van der Waals surface area contributed by atoms with Crippen molar-refractivity contribution in [3.05, 3.63) is 65.9 Å². The lowest BCUT2D eigenvalue weighted by atomic mass is 10.1. The van der Waals surface area contributed by atoms with Crippen LogP contribution in [0.3, 0.4) is 0 Å². The van der Waals surface area contributed by atoms with Gasteiger partial charge in [0.05, 0.1) is 4.90 Å². The van der Waals surface area contributed by atoms with Gasteiger partial charge in [-0.1, -0.05) is 5.16 Å². The van der Waals surface area contributed by atoms with E-state index in [1.165, 1.54) is 12.1 Å². The molecular formula is C20H16F4N4O3S. The van der Waals surface area contributed by atoms with Gasteiger partial charge in [0.2, 0.25) is 15.8 Å². The number of aryl methyl sites for hydroxylation is 1. The van der Waals surface area contributed by atoms with Crippen LogP contribution < -0.4 is 4.72 Å². The maximum Gasteiger partial charge on any atom is 0.471 e. The van der Waals surface area contributed by atoms with Gasteiger partial charge in [0.1, 0.15) is 5.82 Å². The summed E-state index contributed by atoms with van der Waals surface area (Å²) in [5, 5.41) is 4.15. The summed E-state index contributed by atoms with van der Waals surface area (Å²) in [7, 11) is -3.80. The number of halogens is 4. The molecule has 0 spiro atoms. The quantitative estimate of drug-likeness (QED) is 0.430. The van der Waals surface area contributed by atoms with Crippen LogP contribution in [-0.4, -0.2) is 29.7 Å². The van der Waals surface area contributed by atoms with Gasteiger partial charge < -0.3 is 9.09 Å². The SMILES string of the molecule is Cc1cn(CCNS(=O)(=O)c2ccc(F)cc2)c2ccc(-c3noc(C(F)(F)F)n3)cc12. The average molecular weight is 468 g/mol. The molecule has 2 aromatic carbocycles. The minimum Gasteiger partial charge on any atom is -0.346 e. The number of sulfonamides is 1. The Morgan fingerprint density at radius 2 is 1.84 bits per heavy atom. The zero-order chi connectivity index (χ0) is 23.1. The lowest BCUT2D eigenvalue weighted by Gasteiger charge is -2.09. The van der Waals surface area contributed by atoms with E-state index >= 15 is 0 Å². The third kappa shape index (κ3) is 4.36. The predicted octanol–water partition coefficient (Wildman–Crippen LogP) is 4.14. The summed E-state index contributed by atoms with van der Waals surface area (Å²) < 4.78 is 84.3. The van der Waals surface area contributed by atoms with Crippen LogP contribution in [0.4, 0.5) is 17.6 Å². The highest BCUT2D eigenvalue weighted by atomic mass is 32.2. The average Bonchev–Trinajstić information content (AvgIpc) is 3.34. The molecule has 0 amide bonds. The van der Waals surface area contributed by atoms with Crippen LogP contribution in [0, 0.1) is 12.7 Å². The smallest absolute Gasteiger partial charge is 0.346 e. The third-order valence-electron chi connectivity index (χ3n) is 4.78. The first kappa shape index (κ1) is 22.0. The highest BCUT2D eigenvalue weighted by molar-refractivity contribution is 7.89. The Morgan fingerprint density at radius 1 is 1.12 bits per heavy atom. The molecule has 0 fully saturated rings. The molecular weight excluding hydrogens is 452 g/mol. The lowest BCUT2D eigenvalue weighted by molar-refractivity contribution is -0.159. The van der Waals surface area contributed by atoms with E-state index in [-0.39, 0.29) is 17.3 Å². The van der Waals surface area contributed by atoms with Gasteiger partial charge in [0.25, 0.3) is 0 Å². The van der Waals surface area contributed by atoms with Crippen LogP contribution >= 0.6 is 0 Å². The van der Waals surface area contributed by atoms with Crippen LogP contribution in [-0.2, 0) is 22.7 Å². The Labute approximate surface area is 179 Å². The minimum absolute atomic E-state index is 0.0459. The summed E-state index contributed by atoms with van der Waals surface area (Å²) in [5.41, 5.74) is 1.95. The van der Waals surface area contributed by atoms with Crippen LogP contribution in [0.2, 0.25) is 0 Å². The Balaban J connectivity index is 1.52. The second kappa shape index (κ2) is 8.02. The summed E-state index contributed by atoms with van der Waals surface area (Å²) in [6.07, 6.45) is -2.92. The number of hydrogen-bond acceptors (Lipinski definition) is 5. The van der Waals surface area contributed by atoms with Crippen molar-refractivity contribution in [2.75, 3.05) is 6.54 Å². The monoisotopic (exact) mass is 468 g/mol. The molecule has 0 aliphatic carbocycles. The normalized spacial score (nSPS) is 12.5. The first-order chi connectivity index (χ1) is 15.0. The fourth-order valence-corrected chi connectivity index (χ4v) is 4.27. The van der Waals surface area contributed by atoms with E-state index in [4.69, 9.17) is 0 Å². The number of nitrogens with one attached hydrogen (secondary N) is 1. The van der Waals surface area contributed by atoms with Gasteiger partial charge in [-0.05, 0) is 55.0 Å². The van der Waals surface area contributed by atoms with Gasteiger partial charge in [-0.15, -0.1) is 0 Å². The number of benzene rings is 2. The summed E-state index contributed by atoms with van der Waals surface area (Å²) in [5.74, 6) is -2.14. The third-order valence-corrected chi connectivity index (χ3v) is 6.25. The molecule has 4 rings (SSSR count). The minimum atomic E-state index is -4.73. The first-order valence-corrected chi connectivity index (χ1v) is 10.8. The van der Waals surface area contributed by atoms with Crippen molar-refractivity contribution in [3.8, 4) is 11.4 Å². The van der Waals surface area contributed by atoms with Crippen LogP contribution in [0.5, 0.6) is 0 Å². The fraction of sp³-hybridized carbons (Fsp3) is 0.200. The molecule has 32 heavy (non-hydrogen) atoms. The van der Waals surface area contributed by atoms with Crippen molar-refractivity contribution in [3.63, 3.8) is 0 Å². The predicted molar refractivity (Wildman–Crippen MR) is 107 cm³/mol. The number of aromatic nitrogens is 3. The Bertz CT molecular complexity index is 1380. The van der Waals surface area contributed by atoms with Gasteiger partial charge in [-0.3, -0.25) is 0 Å². The summed E-state index contributed by atoms with van der Waals surface area (Å²) in [6, 6.07) is 9.39.